The average Bonchev–Trinajstić information content (AvgIpc) is 2.62. The Morgan fingerprint density at radius 1 is 1.28 bits per heavy atom. The second kappa shape index (κ2) is 9.67. The molecule has 0 radical (unpaired) electrons. The van der Waals surface area contributed by atoms with Crippen molar-refractivity contribution in [1.82, 2.24) is 14.5 Å². The molecule has 0 unspecified atom stereocenters. The Morgan fingerprint density at radius 3 is 2.64 bits per heavy atom. The molecule has 0 atom stereocenters. The first-order valence-electron chi connectivity index (χ1n) is 8.24. The molecule has 1 heterocycles. The Hall–Kier alpha value is -1.74. The third kappa shape index (κ3) is 6.95. The highest BCUT2D eigenvalue weighted by molar-refractivity contribution is 7.92. The molecule has 0 spiro atoms. The van der Waals surface area contributed by atoms with E-state index in [4.69, 9.17) is 4.74 Å². The highest BCUT2D eigenvalue weighted by atomic mass is 32.2. The van der Waals surface area contributed by atoms with Crippen LogP contribution in [0.1, 0.15) is 5.56 Å². The molecule has 1 aliphatic rings. The molecule has 1 aromatic rings. The average molecular weight is 367 g/mol. The van der Waals surface area contributed by atoms with Crippen molar-refractivity contribution < 1.29 is 17.9 Å². The third-order valence-corrected chi connectivity index (χ3v) is 5.36. The van der Waals surface area contributed by atoms with Crippen molar-refractivity contribution in [3.63, 3.8) is 0 Å². The van der Waals surface area contributed by atoms with Crippen LogP contribution >= 0.6 is 0 Å². The maximum Gasteiger partial charge on any atom is 0.236 e. The second-order valence-electron chi connectivity index (χ2n) is 5.82. The van der Waals surface area contributed by atoms with Gasteiger partial charge in [-0.25, -0.2) is 8.42 Å². The van der Waals surface area contributed by atoms with Gasteiger partial charge in [0, 0.05) is 38.6 Å². The Balaban J connectivity index is 1.76. The molecule has 0 bridgehead atoms. The Kier molecular flexibility index (Phi) is 7.57. The lowest BCUT2D eigenvalue weighted by molar-refractivity contribution is -0.121. The summed E-state index contributed by atoms with van der Waals surface area (Å²) >= 11 is 0. The number of carbonyl (C=O) groups is 1. The summed E-state index contributed by atoms with van der Waals surface area (Å²) in [5, 5.41) is 3.87. The molecule has 1 fully saturated rings. The molecule has 1 amide bonds. The van der Waals surface area contributed by atoms with Crippen LogP contribution in [0.3, 0.4) is 0 Å². The lowest BCUT2D eigenvalue weighted by Crippen LogP contribution is -2.43. The lowest BCUT2D eigenvalue weighted by Gasteiger charge is -2.26. The van der Waals surface area contributed by atoms with E-state index in [0.717, 1.165) is 34.9 Å². The molecule has 25 heavy (non-hydrogen) atoms. The highest BCUT2D eigenvalue weighted by Crippen LogP contribution is 2.06. The van der Waals surface area contributed by atoms with E-state index in [2.05, 4.69) is 10.2 Å². The molecule has 1 N–H and O–H groups in total. The van der Waals surface area contributed by atoms with E-state index < -0.39 is 10.0 Å². The summed E-state index contributed by atoms with van der Waals surface area (Å²) in [6.07, 6.45) is 1.52. The number of hydrogen-bond acceptors (Lipinski definition) is 5. The van der Waals surface area contributed by atoms with Crippen molar-refractivity contribution in [1.29, 1.82) is 0 Å². The Labute approximate surface area is 149 Å². The zero-order valence-electron chi connectivity index (χ0n) is 14.4. The highest BCUT2D eigenvalue weighted by Gasteiger charge is 2.18. The Morgan fingerprint density at radius 2 is 1.96 bits per heavy atom. The number of carbonyl (C=O) groups excluding carboxylic acids is 1. The predicted molar refractivity (Wildman–Crippen MR) is 97.3 cm³/mol. The molecule has 2 rings (SSSR count). The van der Waals surface area contributed by atoms with E-state index in [1.807, 2.05) is 30.3 Å². The monoisotopic (exact) mass is 367 g/mol. The molecule has 0 saturated carbocycles. The molecule has 7 nitrogen and oxygen atoms in total. The van der Waals surface area contributed by atoms with Gasteiger partial charge in [-0.2, -0.15) is 4.31 Å². The van der Waals surface area contributed by atoms with Crippen LogP contribution in [-0.2, 0) is 19.6 Å². The number of sulfonamides is 1. The zero-order chi connectivity index (χ0) is 18.1. The van der Waals surface area contributed by atoms with Gasteiger partial charge in [0.15, 0.2) is 0 Å². The van der Waals surface area contributed by atoms with Gasteiger partial charge in [-0.1, -0.05) is 30.3 Å². The van der Waals surface area contributed by atoms with Crippen LogP contribution in [0.4, 0.5) is 0 Å². The first kappa shape index (κ1) is 19.6. The minimum Gasteiger partial charge on any atom is -0.379 e. The number of amides is 1. The molecule has 1 aliphatic heterocycles. The van der Waals surface area contributed by atoms with E-state index in [9.17, 15) is 13.2 Å². The van der Waals surface area contributed by atoms with Crippen molar-refractivity contribution in [2.24, 2.45) is 0 Å². The fourth-order valence-corrected chi connectivity index (χ4v) is 3.19. The fraction of sp³-hybridized carbons (Fsp3) is 0.471. The van der Waals surface area contributed by atoms with Crippen molar-refractivity contribution in [2.75, 3.05) is 53.0 Å². The number of morpholine rings is 1. The fourth-order valence-electron chi connectivity index (χ4n) is 2.36. The molecular weight excluding hydrogens is 342 g/mol. The van der Waals surface area contributed by atoms with Gasteiger partial charge >= 0.3 is 0 Å². The number of ether oxygens (including phenoxy) is 1. The first-order valence-corrected chi connectivity index (χ1v) is 9.74. The number of nitrogens with zero attached hydrogens (tertiary/aromatic N) is 2. The van der Waals surface area contributed by atoms with Gasteiger partial charge < -0.3 is 10.1 Å². The van der Waals surface area contributed by atoms with Crippen molar-refractivity contribution in [3.05, 3.63) is 41.3 Å². The molecule has 138 valence electrons. The largest absolute Gasteiger partial charge is 0.379 e. The number of rotatable bonds is 8. The second-order valence-corrected chi connectivity index (χ2v) is 7.74. The van der Waals surface area contributed by atoms with E-state index in [1.165, 1.54) is 13.1 Å². The summed E-state index contributed by atoms with van der Waals surface area (Å²) in [6.45, 7) is 4.16. The van der Waals surface area contributed by atoms with Gasteiger partial charge in [0.1, 0.15) is 0 Å². The van der Waals surface area contributed by atoms with Crippen LogP contribution in [-0.4, -0.2) is 76.5 Å². The summed E-state index contributed by atoms with van der Waals surface area (Å²) < 4.78 is 30.7. The SMILES string of the molecule is CN(CC(=O)NCCN1CCOCC1)S(=O)(=O)/C=C/c1ccccc1. The summed E-state index contributed by atoms with van der Waals surface area (Å²) in [6, 6.07) is 9.14. The van der Waals surface area contributed by atoms with Crippen LogP contribution < -0.4 is 5.32 Å². The molecule has 0 aromatic heterocycles. The number of hydrogen-bond donors (Lipinski definition) is 1. The standard InChI is InChI=1S/C17H25N3O4S/c1-19(25(22,23)14-7-16-5-3-2-4-6-16)15-17(21)18-8-9-20-10-12-24-13-11-20/h2-7,14H,8-13,15H2,1H3,(H,18,21)/b14-7+. The minimum atomic E-state index is -3.63. The topological polar surface area (TPSA) is 79.0 Å². The van der Waals surface area contributed by atoms with E-state index in [-0.39, 0.29) is 12.5 Å². The van der Waals surface area contributed by atoms with E-state index in [0.29, 0.717) is 19.8 Å². The maximum absolute atomic E-state index is 12.2. The van der Waals surface area contributed by atoms with Crippen LogP contribution in [0.2, 0.25) is 0 Å². The lowest BCUT2D eigenvalue weighted by atomic mass is 10.2. The molecule has 1 saturated heterocycles. The maximum atomic E-state index is 12.2. The molecule has 1 aromatic carbocycles. The van der Waals surface area contributed by atoms with Crippen LogP contribution in [0.15, 0.2) is 35.7 Å². The zero-order valence-corrected chi connectivity index (χ0v) is 15.2. The van der Waals surface area contributed by atoms with Gasteiger partial charge in [0.2, 0.25) is 15.9 Å². The summed E-state index contributed by atoms with van der Waals surface area (Å²) in [4.78, 5) is 14.1. The minimum absolute atomic E-state index is 0.204. The first-order chi connectivity index (χ1) is 12.0. The normalized spacial score (nSPS) is 16.4. The third-order valence-electron chi connectivity index (χ3n) is 3.89. The predicted octanol–water partition coefficient (Wildman–Crippen LogP) is 0.367. The summed E-state index contributed by atoms with van der Waals surface area (Å²) in [7, 11) is -2.24. The van der Waals surface area contributed by atoms with Gasteiger partial charge in [-0.15, -0.1) is 0 Å². The van der Waals surface area contributed by atoms with E-state index >= 15 is 0 Å². The molecule has 0 aliphatic carbocycles. The van der Waals surface area contributed by atoms with Gasteiger partial charge in [-0.3, -0.25) is 9.69 Å². The smallest absolute Gasteiger partial charge is 0.236 e. The number of likely N-dealkylation sites (N-methyl/N-ethyl adjacent to an activating group) is 1. The quantitative estimate of drug-likeness (QED) is 0.718. The van der Waals surface area contributed by atoms with Gasteiger partial charge in [0.25, 0.3) is 0 Å². The van der Waals surface area contributed by atoms with Crippen LogP contribution in [0.5, 0.6) is 0 Å². The number of nitrogens with one attached hydrogen (secondary N) is 1. The van der Waals surface area contributed by atoms with E-state index in [1.54, 1.807) is 0 Å². The Bertz CT molecular complexity index is 670. The molecular formula is C17H25N3O4S. The molecule has 8 heteroatoms. The number of benzene rings is 1. The van der Waals surface area contributed by atoms with Crippen LogP contribution in [0.25, 0.3) is 6.08 Å². The van der Waals surface area contributed by atoms with Gasteiger partial charge in [0.05, 0.1) is 19.8 Å². The van der Waals surface area contributed by atoms with Gasteiger partial charge in [-0.05, 0) is 11.6 Å². The summed E-state index contributed by atoms with van der Waals surface area (Å²) in [5.41, 5.74) is 0.787. The van der Waals surface area contributed by atoms with Crippen molar-refractivity contribution >= 4 is 22.0 Å². The van der Waals surface area contributed by atoms with Crippen molar-refractivity contribution in [3.8, 4) is 0 Å². The summed E-state index contributed by atoms with van der Waals surface area (Å²) in [5.74, 6) is -0.313. The van der Waals surface area contributed by atoms with Crippen LogP contribution in [0, 0.1) is 0 Å². The van der Waals surface area contributed by atoms with Crippen molar-refractivity contribution in [2.45, 2.75) is 0 Å².